The van der Waals surface area contributed by atoms with Crippen molar-refractivity contribution in [1.29, 1.82) is 0 Å². The van der Waals surface area contributed by atoms with Crippen LogP contribution in [0.2, 0.25) is 0 Å². The summed E-state index contributed by atoms with van der Waals surface area (Å²) in [5, 5.41) is 0. The molecule has 4 nitrogen and oxygen atoms in total. The Bertz CT molecular complexity index is 117. The number of hydrogen-bond acceptors (Lipinski definition) is 2. The molecule has 0 aliphatic rings. The standard InChI is InChI=1S/C4H12NO3P/c1-2-4(3-5)9(6,7)8/h4H,2-3,5H2,1H3,(H2,6,7,8)/t4-/m0/s1. The molecule has 0 aliphatic carbocycles. The van der Waals surface area contributed by atoms with Crippen molar-refractivity contribution in [3.63, 3.8) is 0 Å². The molecule has 0 aromatic rings. The van der Waals surface area contributed by atoms with Crippen molar-refractivity contribution in [2.75, 3.05) is 6.54 Å². The van der Waals surface area contributed by atoms with E-state index in [0.717, 1.165) is 0 Å². The van der Waals surface area contributed by atoms with Gasteiger partial charge in [0, 0.05) is 6.54 Å². The predicted octanol–water partition coefficient (Wildman–Crippen LogP) is -0.0986. The zero-order valence-corrected chi connectivity index (χ0v) is 6.21. The summed E-state index contributed by atoms with van der Waals surface area (Å²) in [4.78, 5) is 17.0. The van der Waals surface area contributed by atoms with Crippen LogP contribution in [0, 0.1) is 0 Å². The molecule has 1 atom stereocenters. The molecule has 5 heteroatoms. The van der Waals surface area contributed by atoms with Crippen molar-refractivity contribution in [3.8, 4) is 0 Å². The summed E-state index contributed by atoms with van der Waals surface area (Å²) < 4.78 is 10.4. The summed E-state index contributed by atoms with van der Waals surface area (Å²) in [5.74, 6) is 0. The number of nitrogens with two attached hydrogens (primary N) is 1. The molecule has 0 aliphatic heterocycles. The Morgan fingerprint density at radius 3 is 2.11 bits per heavy atom. The van der Waals surface area contributed by atoms with Gasteiger partial charge < -0.3 is 15.5 Å². The van der Waals surface area contributed by atoms with Crippen LogP contribution >= 0.6 is 7.60 Å². The fourth-order valence-corrected chi connectivity index (χ4v) is 1.29. The predicted molar refractivity (Wildman–Crippen MR) is 35.2 cm³/mol. The minimum absolute atomic E-state index is 0.0563. The second-order valence-corrected chi connectivity index (χ2v) is 3.80. The number of hydrogen-bond donors (Lipinski definition) is 3. The van der Waals surface area contributed by atoms with Gasteiger partial charge in [0.15, 0.2) is 0 Å². The molecule has 0 radical (unpaired) electrons. The maximum atomic E-state index is 10.4. The third kappa shape index (κ3) is 2.96. The first kappa shape index (κ1) is 9.11. The van der Waals surface area contributed by atoms with E-state index in [9.17, 15) is 4.57 Å². The lowest BCUT2D eigenvalue weighted by molar-refractivity contribution is 0.356. The Morgan fingerprint density at radius 2 is 2.11 bits per heavy atom. The second kappa shape index (κ2) is 3.32. The van der Waals surface area contributed by atoms with E-state index in [1.54, 1.807) is 6.92 Å². The van der Waals surface area contributed by atoms with Crippen molar-refractivity contribution < 1.29 is 14.4 Å². The highest BCUT2D eigenvalue weighted by molar-refractivity contribution is 7.52. The fourth-order valence-electron chi connectivity index (χ4n) is 0.542. The Balaban J connectivity index is 3.96. The van der Waals surface area contributed by atoms with Crippen molar-refractivity contribution in [1.82, 2.24) is 0 Å². The van der Waals surface area contributed by atoms with Gasteiger partial charge in [-0.2, -0.15) is 0 Å². The van der Waals surface area contributed by atoms with Crippen molar-refractivity contribution >= 4 is 7.60 Å². The number of rotatable bonds is 3. The first-order valence-electron chi connectivity index (χ1n) is 2.77. The van der Waals surface area contributed by atoms with E-state index in [0.29, 0.717) is 6.42 Å². The van der Waals surface area contributed by atoms with Crippen molar-refractivity contribution in [2.24, 2.45) is 5.73 Å². The fraction of sp³-hybridized carbons (Fsp3) is 1.00. The molecule has 0 spiro atoms. The average molecular weight is 153 g/mol. The molecule has 0 saturated heterocycles. The summed E-state index contributed by atoms with van der Waals surface area (Å²) in [7, 11) is -3.90. The van der Waals surface area contributed by atoms with Crippen molar-refractivity contribution in [3.05, 3.63) is 0 Å². The molecule has 0 aromatic heterocycles. The van der Waals surface area contributed by atoms with Crippen LogP contribution in [0.4, 0.5) is 0 Å². The van der Waals surface area contributed by atoms with Crippen LogP contribution < -0.4 is 5.73 Å². The van der Waals surface area contributed by atoms with Gasteiger partial charge in [-0.05, 0) is 6.42 Å². The van der Waals surface area contributed by atoms with Gasteiger partial charge in [-0.3, -0.25) is 4.57 Å². The second-order valence-electron chi connectivity index (χ2n) is 1.89. The van der Waals surface area contributed by atoms with Crippen LogP contribution in [-0.2, 0) is 4.57 Å². The molecule has 0 saturated carbocycles. The first-order valence-corrected chi connectivity index (χ1v) is 4.45. The van der Waals surface area contributed by atoms with Gasteiger partial charge in [0.2, 0.25) is 0 Å². The zero-order chi connectivity index (χ0) is 7.49. The first-order chi connectivity index (χ1) is 4.02. The van der Waals surface area contributed by atoms with E-state index in [2.05, 4.69) is 0 Å². The highest BCUT2D eigenvalue weighted by Gasteiger charge is 2.24. The Labute approximate surface area is 54.2 Å². The highest BCUT2D eigenvalue weighted by Crippen LogP contribution is 2.41. The summed E-state index contributed by atoms with van der Waals surface area (Å²) in [6, 6.07) is 0. The van der Waals surface area contributed by atoms with Gasteiger partial charge in [-0.25, -0.2) is 0 Å². The lowest BCUT2D eigenvalue weighted by Gasteiger charge is -2.12. The van der Waals surface area contributed by atoms with E-state index in [-0.39, 0.29) is 6.54 Å². The molecular weight excluding hydrogens is 141 g/mol. The maximum absolute atomic E-state index is 10.4. The Kier molecular flexibility index (Phi) is 3.36. The monoisotopic (exact) mass is 153 g/mol. The molecule has 9 heavy (non-hydrogen) atoms. The van der Waals surface area contributed by atoms with Crippen LogP contribution in [0.25, 0.3) is 0 Å². The summed E-state index contributed by atoms with van der Waals surface area (Å²) >= 11 is 0. The SMILES string of the molecule is CC[C@@H](CN)P(=O)(O)O. The lowest BCUT2D eigenvalue weighted by atomic mass is 10.3. The summed E-state index contributed by atoms with van der Waals surface area (Å²) in [6.45, 7) is 1.76. The average Bonchev–Trinajstić information content (AvgIpc) is 1.65. The van der Waals surface area contributed by atoms with Gasteiger partial charge in [0.25, 0.3) is 0 Å². The third-order valence-corrected chi connectivity index (χ3v) is 2.75. The lowest BCUT2D eigenvalue weighted by Crippen LogP contribution is -2.19. The summed E-state index contributed by atoms with van der Waals surface area (Å²) in [5.41, 5.74) is 4.42. The topological polar surface area (TPSA) is 83.6 Å². The van der Waals surface area contributed by atoms with E-state index in [4.69, 9.17) is 15.5 Å². The quantitative estimate of drug-likeness (QED) is 0.494. The minimum atomic E-state index is -3.90. The molecule has 0 bridgehead atoms. The van der Waals surface area contributed by atoms with Gasteiger partial charge >= 0.3 is 7.60 Å². The van der Waals surface area contributed by atoms with Crippen LogP contribution in [-0.4, -0.2) is 22.0 Å². The smallest absolute Gasteiger partial charge is 0.329 e. The van der Waals surface area contributed by atoms with Crippen LogP contribution in [0.5, 0.6) is 0 Å². The van der Waals surface area contributed by atoms with E-state index in [1.165, 1.54) is 0 Å². The largest absolute Gasteiger partial charge is 0.330 e. The zero-order valence-electron chi connectivity index (χ0n) is 5.32. The molecule has 0 unspecified atom stereocenters. The molecule has 0 fully saturated rings. The van der Waals surface area contributed by atoms with E-state index in [1.807, 2.05) is 0 Å². The minimum Gasteiger partial charge on any atom is -0.330 e. The van der Waals surface area contributed by atoms with Crippen LogP contribution in [0.1, 0.15) is 13.3 Å². The van der Waals surface area contributed by atoms with Crippen LogP contribution in [0.15, 0.2) is 0 Å². The van der Waals surface area contributed by atoms with E-state index < -0.39 is 13.3 Å². The molecule has 0 amide bonds. The normalized spacial score (nSPS) is 15.6. The Morgan fingerprint density at radius 1 is 1.67 bits per heavy atom. The van der Waals surface area contributed by atoms with Crippen LogP contribution in [0.3, 0.4) is 0 Å². The molecule has 56 valence electrons. The highest BCUT2D eigenvalue weighted by atomic mass is 31.2. The molecular formula is C4H12NO3P. The van der Waals surface area contributed by atoms with Gasteiger partial charge in [-0.15, -0.1) is 0 Å². The summed E-state index contributed by atoms with van der Waals surface area (Å²) in [6.07, 6.45) is 0.431. The molecule has 0 heterocycles. The maximum Gasteiger partial charge on any atom is 0.329 e. The van der Waals surface area contributed by atoms with Gasteiger partial charge in [0.05, 0.1) is 5.66 Å². The van der Waals surface area contributed by atoms with Gasteiger partial charge in [-0.1, -0.05) is 6.92 Å². The van der Waals surface area contributed by atoms with E-state index >= 15 is 0 Å². The van der Waals surface area contributed by atoms with Gasteiger partial charge in [0.1, 0.15) is 0 Å². The Hall–Kier alpha value is 0.110. The molecule has 0 aromatic carbocycles. The third-order valence-electron chi connectivity index (χ3n) is 1.22. The molecule has 4 N–H and O–H groups in total. The molecule has 0 rings (SSSR count). The van der Waals surface area contributed by atoms with Crippen molar-refractivity contribution in [2.45, 2.75) is 19.0 Å².